The molecule has 1 N–H and O–H groups in total. The predicted molar refractivity (Wildman–Crippen MR) is 192 cm³/mol. The summed E-state index contributed by atoms with van der Waals surface area (Å²) in [7, 11) is 2.62. The van der Waals surface area contributed by atoms with Crippen LogP contribution in [0.2, 0.25) is 0 Å². The highest BCUT2D eigenvalue weighted by molar-refractivity contribution is 9.08. The number of benzene rings is 4. The maximum atomic E-state index is 13.8. The summed E-state index contributed by atoms with van der Waals surface area (Å²) in [5.41, 5.74) is -5.26. The molecule has 0 aliphatic carbocycles. The normalized spacial score (nSPS) is 13.1. The van der Waals surface area contributed by atoms with Gasteiger partial charge in [-0.3, -0.25) is 4.79 Å². The van der Waals surface area contributed by atoms with E-state index in [0.29, 0.717) is 17.0 Å². The van der Waals surface area contributed by atoms with Crippen LogP contribution in [0.1, 0.15) is 62.8 Å². The molecule has 0 aliphatic rings. The van der Waals surface area contributed by atoms with Crippen LogP contribution in [0.25, 0.3) is 0 Å². The minimum absolute atomic E-state index is 0.128. The lowest BCUT2D eigenvalue weighted by molar-refractivity contribution is -0.266. The van der Waals surface area contributed by atoms with Gasteiger partial charge >= 0.3 is 12.4 Å². The maximum absolute atomic E-state index is 13.8. The second kappa shape index (κ2) is 19.5. The van der Waals surface area contributed by atoms with Gasteiger partial charge in [-0.15, -0.1) is 0 Å². The molecule has 0 heterocycles. The van der Waals surface area contributed by atoms with E-state index in [1.54, 1.807) is 0 Å². The molecular formula is C40H39BrF12O4. The highest BCUT2D eigenvalue weighted by Gasteiger charge is 2.56. The van der Waals surface area contributed by atoms with E-state index < -0.39 is 88.7 Å². The summed E-state index contributed by atoms with van der Waals surface area (Å²) in [6, 6.07) is 12.4. The zero-order valence-corrected chi connectivity index (χ0v) is 32.9. The van der Waals surface area contributed by atoms with E-state index in [9.17, 15) is 62.6 Å². The fourth-order valence-electron chi connectivity index (χ4n) is 5.84. The molecule has 4 rings (SSSR count). The third-order valence-corrected chi connectivity index (χ3v) is 9.11. The molecule has 17 heteroatoms. The Morgan fingerprint density at radius 2 is 0.982 bits per heavy atom. The number of ether oxygens (including phenoxy) is 2. The first-order chi connectivity index (χ1) is 26.1. The average Bonchev–Trinajstić information content (AvgIpc) is 3.06. The Bertz CT molecular complexity index is 1940. The number of Topliss-reactive ketones (excluding diaryl/α,β-unsaturated/α-hetero) is 1. The number of halogens is 13. The van der Waals surface area contributed by atoms with Crippen molar-refractivity contribution < 1.29 is 72.1 Å². The van der Waals surface area contributed by atoms with Crippen LogP contribution >= 0.6 is 15.9 Å². The van der Waals surface area contributed by atoms with Crippen LogP contribution in [0.5, 0.6) is 11.5 Å². The summed E-state index contributed by atoms with van der Waals surface area (Å²) in [6.45, 7) is 5.67. The average molecular weight is 892 g/mol. The zero-order valence-electron chi connectivity index (χ0n) is 31.3. The van der Waals surface area contributed by atoms with E-state index >= 15 is 0 Å². The molecule has 0 radical (unpaired) electrons. The number of rotatable bonds is 11. The van der Waals surface area contributed by atoms with Gasteiger partial charge in [-0.2, -0.15) is 26.3 Å². The van der Waals surface area contributed by atoms with Crippen molar-refractivity contribution in [3.05, 3.63) is 130 Å². The summed E-state index contributed by atoms with van der Waals surface area (Å²) < 4.78 is 167. The van der Waals surface area contributed by atoms with Gasteiger partial charge in [-0.05, 0) is 83.6 Å². The van der Waals surface area contributed by atoms with Crippen molar-refractivity contribution in [1.82, 2.24) is 0 Å². The molecule has 0 bridgehead atoms. The van der Waals surface area contributed by atoms with E-state index in [2.05, 4.69) is 15.9 Å². The molecule has 314 valence electrons. The fraction of sp³-hybridized carbons (Fsp3) is 0.375. The molecule has 0 fully saturated rings. The van der Waals surface area contributed by atoms with Crippen LogP contribution in [0.15, 0.2) is 72.8 Å². The number of ketones is 1. The van der Waals surface area contributed by atoms with Crippen molar-refractivity contribution in [1.29, 1.82) is 0 Å². The molecular weight excluding hydrogens is 852 g/mol. The third kappa shape index (κ3) is 14.3. The number of carbonyl (C=O) groups excluding carboxylic acids is 1. The minimum Gasteiger partial charge on any atom is -0.496 e. The van der Waals surface area contributed by atoms with Gasteiger partial charge in [0.15, 0.2) is 5.60 Å². The molecule has 4 aromatic rings. The van der Waals surface area contributed by atoms with Crippen molar-refractivity contribution in [2.45, 2.75) is 81.1 Å². The smallest absolute Gasteiger partial charge is 0.450 e. The Kier molecular flexibility index (Phi) is 16.7. The quantitative estimate of drug-likeness (QED) is 0.120. The number of methoxy groups -OCH3 is 2. The van der Waals surface area contributed by atoms with E-state index in [1.165, 1.54) is 66.2 Å². The van der Waals surface area contributed by atoms with Gasteiger partial charge in [0.1, 0.15) is 46.4 Å². The number of carbonyl (C=O) groups is 1. The van der Waals surface area contributed by atoms with Crippen LogP contribution in [-0.2, 0) is 27.4 Å². The Labute approximate surface area is 329 Å². The lowest BCUT2D eigenvalue weighted by Crippen LogP contribution is -2.50. The van der Waals surface area contributed by atoms with Crippen LogP contribution in [0.3, 0.4) is 0 Å². The molecule has 57 heavy (non-hydrogen) atoms. The molecule has 0 saturated heterocycles. The van der Waals surface area contributed by atoms with E-state index in [-0.39, 0.29) is 28.2 Å². The van der Waals surface area contributed by atoms with Gasteiger partial charge < -0.3 is 14.6 Å². The molecule has 0 aliphatic heterocycles. The standard InChI is InChI=1S/C20H20F6O2.C13H14F4O2.C7H5BrF2/c1-18(2,16-9-13(21)4-5-17(16)28-3)11-19(27,20(24,25)26)10-12-6-14(22)8-15(23)7-12;1-12(2,7-11(18)13(15,16)17)9-6-8(14)4-5-10(9)19-3;8-4-5-1-6(9)3-7(10)2-5/h4-9,27H,10-11H2,1-3H3;4-6H,7H2,1-3H3;1-3H,4H2. The number of alkyl halides is 7. The lowest BCUT2D eigenvalue weighted by Gasteiger charge is -2.38. The first kappa shape index (κ1) is 48.9. The number of hydrogen-bond acceptors (Lipinski definition) is 4. The van der Waals surface area contributed by atoms with Crippen LogP contribution in [-0.4, -0.2) is 43.1 Å². The van der Waals surface area contributed by atoms with Gasteiger partial charge in [0, 0.05) is 46.8 Å². The molecule has 0 aromatic heterocycles. The lowest BCUT2D eigenvalue weighted by atomic mass is 9.72. The largest absolute Gasteiger partial charge is 0.496 e. The molecule has 0 spiro atoms. The highest BCUT2D eigenvalue weighted by Crippen LogP contribution is 2.45. The molecule has 4 aromatic carbocycles. The first-order valence-electron chi connectivity index (χ1n) is 16.6. The van der Waals surface area contributed by atoms with Gasteiger partial charge in [-0.1, -0.05) is 43.6 Å². The van der Waals surface area contributed by atoms with Crippen molar-refractivity contribution in [2.75, 3.05) is 14.2 Å². The number of aliphatic hydroxyl groups is 1. The minimum atomic E-state index is -5.10. The van der Waals surface area contributed by atoms with Gasteiger partial charge in [0.25, 0.3) is 0 Å². The van der Waals surface area contributed by atoms with Crippen LogP contribution in [0, 0.1) is 34.9 Å². The fourth-order valence-corrected chi connectivity index (χ4v) is 6.17. The van der Waals surface area contributed by atoms with Gasteiger partial charge in [0.05, 0.1) is 14.2 Å². The third-order valence-electron chi connectivity index (χ3n) is 8.46. The maximum Gasteiger partial charge on any atom is 0.450 e. The van der Waals surface area contributed by atoms with Crippen molar-refractivity contribution in [3.63, 3.8) is 0 Å². The molecule has 1 unspecified atom stereocenters. The monoisotopic (exact) mass is 890 g/mol. The molecule has 4 nitrogen and oxygen atoms in total. The first-order valence-corrected chi connectivity index (χ1v) is 17.7. The van der Waals surface area contributed by atoms with Gasteiger partial charge in [0.2, 0.25) is 5.78 Å². The summed E-state index contributed by atoms with van der Waals surface area (Å²) in [5.74, 6) is -5.87. The van der Waals surface area contributed by atoms with Crippen LogP contribution < -0.4 is 9.47 Å². The van der Waals surface area contributed by atoms with E-state index in [4.69, 9.17) is 9.47 Å². The van der Waals surface area contributed by atoms with Gasteiger partial charge in [-0.25, -0.2) is 26.3 Å². The van der Waals surface area contributed by atoms with Crippen LogP contribution in [0.4, 0.5) is 52.7 Å². The predicted octanol–water partition coefficient (Wildman–Crippen LogP) is 11.8. The Morgan fingerprint density at radius 3 is 1.33 bits per heavy atom. The Balaban J connectivity index is 0.000000331. The van der Waals surface area contributed by atoms with Crippen molar-refractivity contribution >= 4 is 21.7 Å². The Morgan fingerprint density at radius 1 is 0.596 bits per heavy atom. The summed E-state index contributed by atoms with van der Waals surface area (Å²) in [4.78, 5) is 11.1. The second-order valence-electron chi connectivity index (χ2n) is 14.1. The second-order valence-corrected chi connectivity index (χ2v) is 14.7. The van der Waals surface area contributed by atoms with E-state index in [1.807, 2.05) is 0 Å². The molecule has 1 atom stereocenters. The SMILES string of the molecule is COc1ccc(F)cc1C(C)(C)CC(=O)C(F)(F)F.COc1ccc(F)cc1C(C)(C)CC(O)(Cc1cc(F)cc(F)c1)C(F)(F)F.Fc1cc(F)cc(CBr)c1. The topological polar surface area (TPSA) is 55.8 Å². The Hall–Kier alpha value is -4.25. The zero-order chi connectivity index (χ0) is 43.7. The molecule has 0 saturated carbocycles. The highest BCUT2D eigenvalue weighted by atomic mass is 79.9. The number of hydrogen-bond donors (Lipinski definition) is 1. The summed E-state index contributed by atoms with van der Waals surface area (Å²) >= 11 is 3.09. The van der Waals surface area contributed by atoms with E-state index in [0.717, 1.165) is 42.5 Å². The van der Waals surface area contributed by atoms with Crippen molar-refractivity contribution in [2.24, 2.45) is 0 Å². The summed E-state index contributed by atoms with van der Waals surface area (Å²) in [5, 5.41) is 11.0. The summed E-state index contributed by atoms with van der Waals surface area (Å²) in [6.07, 6.45) is -12.7. The molecule has 0 amide bonds. The van der Waals surface area contributed by atoms with Crippen molar-refractivity contribution in [3.8, 4) is 11.5 Å².